The second kappa shape index (κ2) is 8.47. The molecular weight excluding hydrogens is 439 g/mol. The molecule has 3 aromatic rings. The molecule has 2 aromatic heterocycles. The number of benzene rings is 1. The Hall–Kier alpha value is -2.46. The average molecular weight is 466 g/mol. The monoisotopic (exact) mass is 465 g/mol. The molecule has 1 saturated carbocycles. The van der Waals surface area contributed by atoms with Gasteiger partial charge in [-0.25, -0.2) is 9.97 Å². The highest BCUT2D eigenvalue weighted by molar-refractivity contribution is 7.21. The van der Waals surface area contributed by atoms with Crippen LogP contribution in [0.2, 0.25) is 0 Å². The Bertz CT molecular complexity index is 1080. The summed E-state index contributed by atoms with van der Waals surface area (Å²) in [6.45, 7) is 4.15. The van der Waals surface area contributed by atoms with Crippen molar-refractivity contribution in [2.24, 2.45) is 5.92 Å². The first-order chi connectivity index (χ1) is 15.0. The van der Waals surface area contributed by atoms with Crippen LogP contribution in [0, 0.1) is 12.8 Å². The Morgan fingerprint density at radius 1 is 1.12 bits per heavy atom. The highest BCUT2D eigenvalue weighted by Gasteiger charge is 2.35. The van der Waals surface area contributed by atoms with Gasteiger partial charge in [-0.15, -0.1) is 11.3 Å². The highest BCUT2D eigenvalue weighted by atomic mass is 32.1. The van der Waals surface area contributed by atoms with Gasteiger partial charge in [0.2, 0.25) is 5.95 Å². The third-order valence-electron chi connectivity index (χ3n) is 5.82. The third kappa shape index (κ3) is 5.12. The standard InChI is InChI=1S/C22H26F3N5OS/c1-12-17(19-29-15-6-4-5-7-16(15)32-19)18(30-20(27-12)26-11-22(23,24)25)28-14-9-8-13(10-14)21(2,3)31/h4-7,13-14,31H,8-11H2,1-3H3,(H2,26,27,28,30). The third-order valence-corrected chi connectivity index (χ3v) is 6.87. The first-order valence-electron chi connectivity index (χ1n) is 10.5. The second-order valence-electron chi connectivity index (χ2n) is 8.82. The predicted octanol–water partition coefficient (Wildman–Crippen LogP) is 5.39. The molecule has 2 heterocycles. The predicted molar refractivity (Wildman–Crippen MR) is 121 cm³/mol. The lowest BCUT2D eigenvalue weighted by Gasteiger charge is -2.25. The number of aryl methyl sites for hydroxylation is 1. The SMILES string of the molecule is Cc1nc(NCC(F)(F)F)nc(NC2CCC(C(C)(C)O)C2)c1-c1nc2ccccc2s1. The van der Waals surface area contributed by atoms with E-state index in [2.05, 4.69) is 20.6 Å². The summed E-state index contributed by atoms with van der Waals surface area (Å²) >= 11 is 1.49. The summed E-state index contributed by atoms with van der Waals surface area (Å²) in [7, 11) is 0. The highest BCUT2D eigenvalue weighted by Crippen LogP contribution is 2.39. The number of nitrogens with one attached hydrogen (secondary N) is 2. The van der Waals surface area contributed by atoms with Crippen molar-refractivity contribution >= 4 is 33.3 Å². The van der Waals surface area contributed by atoms with Crippen LogP contribution in [0.5, 0.6) is 0 Å². The van der Waals surface area contributed by atoms with Gasteiger partial charge in [-0.05, 0) is 58.1 Å². The fraction of sp³-hybridized carbons (Fsp3) is 0.500. The first kappa shape index (κ1) is 22.7. The molecule has 1 aromatic carbocycles. The fourth-order valence-corrected chi connectivity index (χ4v) is 5.18. The number of aliphatic hydroxyl groups is 1. The van der Waals surface area contributed by atoms with Crippen molar-refractivity contribution in [2.45, 2.75) is 57.9 Å². The van der Waals surface area contributed by atoms with Crippen LogP contribution in [-0.2, 0) is 0 Å². The molecule has 10 heteroatoms. The van der Waals surface area contributed by atoms with Crippen molar-refractivity contribution in [1.82, 2.24) is 15.0 Å². The molecule has 1 fully saturated rings. The number of aromatic nitrogens is 3. The van der Waals surface area contributed by atoms with E-state index in [-0.39, 0.29) is 17.9 Å². The Kier molecular flexibility index (Phi) is 6.02. The zero-order valence-electron chi connectivity index (χ0n) is 18.1. The maximum atomic E-state index is 12.7. The molecular formula is C22H26F3N5OS. The van der Waals surface area contributed by atoms with E-state index >= 15 is 0 Å². The summed E-state index contributed by atoms with van der Waals surface area (Å²) in [4.78, 5) is 13.4. The van der Waals surface area contributed by atoms with Crippen LogP contribution in [0.25, 0.3) is 20.8 Å². The van der Waals surface area contributed by atoms with Crippen LogP contribution < -0.4 is 10.6 Å². The van der Waals surface area contributed by atoms with Crippen LogP contribution in [0.1, 0.15) is 38.8 Å². The zero-order valence-corrected chi connectivity index (χ0v) is 18.9. The van der Waals surface area contributed by atoms with Gasteiger partial charge in [0, 0.05) is 6.04 Å². The van der Waals surface area contributed by atoms with Crippen molar-refractivity contribution in [3.8, 4) is 10.6 Å². The number of para-hydroxylation sites is 1. The molecule has 0 spiro atoms. The molecule has 0 amide bonds. The Morgan fingerprint density at radius 3 is 2.53 bits per heavy atom. The Morgan fingerprint density at radius 2 is 1.88 bits per heavy atom. The van der Waals surface area contributed by atoms with Crippen molar-refractivity contribution in [1.29, 1.82) is 0 Å². The summed E-state index contributed by atoms with van der Waals surface area (Å²) < 4.78 is 39.2. The second-order valence-corrected chi connectivity index (χ2v) is 9.85. The van der Waals surface area contributed by atoms with Crippen LogP contribution in [0.3, 0.4) is 0 Å². The van der Waals surface area contributed by atoms with E-state index in [1.165, 1.54) is 11.3 Å². The van der Waals surface area contributed by atoms with E-state index in [9.17, 15) is 18.3 Å². The minimum Gasteiger partial charge on any atom is -0.390 e. The van der Waals surface area contributed by atoms with Crippen molar-refractivity contribution in [3.05, 3.63) is 30.0 Å². The number of rotatable bonds is 6. The van der Waals surface area contributed by atoms with Gasteiger partial charge in [0.15, 0.2) is 0 Å². The van der Waals surface area contributed by atoms with Gasteiger partial charge in [-0.1, -0.05) is 12.1 Å². The number of hydrogen-bond acceptors (Lipinski definition) is 7. The van der Waals surface area contributed by atoms with Crippen LogP contribution in [0.4, 0.5) is 24.9 Å². The van der Waals surface area contributed by atoms with Crippen molar-refractivity contribution < 1.29 is 18.3 Å². The minimum atomic E-state index is -4.37. The Balaban J connectivity index is 1.69. The normalized spacial score (nSPS) is 19.5. The molecule has 32 heavy (non-hydrogen) atoms. The van der Waals surface area contributed by atoms with E-state index in [0.717, 1.165) is 29.5 Å². The molecule has 0 bridgehead atoms. The van der Waals surface area contributed by atoms with Gasteiger partial charge in [-0.2, -0.15) is 18.2 Å². The van der Waals surface area contributed by atoms with Crippen molar-refractivity contribution in [2.75, 3.05) is 17.2 Å². The van der Waals surface area contributed by atoms with Gasteiger partial charge >= 0.3 is 6.18 Å². The number of halogens is 3. The lowest BCUT2D eigenvalue weighted by atomic mass is 9.89. The fourth-order valence-electron chi connectivity index (χ4n) is 4.12. The van der Waals surface area contributed by atoms with E-state index in [1.807, 2.05) is 24.3 Å². The number of thiazole rings is 1. The first-order valence-corrected chi connectivity index (χ1v) is 11.4. The van der Waals surface area contributed by atoms with Crippen LogP contribution in [-0.4, -0.2) is 44.4 Å². The van der Waals surface area contributed by atoms with Gasteiger partial charge in [0.1, 0.15) is 17.4 Å². The van der Waals surface area contributed by atoms with Crippen molar-refractivity contribution in [3.63, 3.8) is 0 Å². The summed E-state index contributed by atoms with van der Waals surface area (Å²) in [5.74, 6) is 0.517. The van der Waals surface area contributed by atoms with Crippen LogP contribution in [0.15, 0.2) is 24.3 Å². The summed E-state index contributed by atoms with van der Waals surface area (Å²) in [6.07, 6.45) is -1.93. The Labute approximate surface area is 188 Å². The number of anilines is 2. The molecule has 0 aliphatic heterocycles. The van der Waals surface area contributed by atoms with E-state index in [0.29, 0.717) is 22.1 Å². The van der Waals surface area contributed by atoms with E-state index in [1.54, 1.807) is 20.8 Å². The molecule has 4 rings (SSSR count). The lowest BCUT2D eigenvalue weighted by Crippen LogP contribution is -2.30. The maximum absolute atomic E-state index is 12.7. The molecule has 1 aliphatic carbocycles. The van der Waals surface area contributed by atoms with Gasteiger partial charge in [0.25, 0.3) is 0 Å². The summed E-state index contributed by atoms with van der Waals surface area (Å²) in [5, 5.41) is 16.8. The smallest absolute Gasteiger partial charge is 0.390 e. The maximum Gasteiger partial charge on any atom is 0.405 e. The number of hydrogen-bond donors (Lipinski definition) is 3. The quantitative estimate of drug-likeness (QED) is 0.453. The summed E-state index contributed by atoms with van der Waals surface area (Å²) in [5.41, 5.74) is 1.30. The number of fused-ring (bicyclic) bond motifs is 1. The van der Waals surface area contributed by atoms with E-state index in [4.69, 9.17) is 4.98 Å². The number of nitrogens with zero attached hydrogens (tertiary/aromatic N) is 3. The molecule has 3 N–H and O–H groups in total. The summed E-state index contributed by atoms with van der Waals surface area (Å²) in [6, 6.07) is 7.79. The van der Waals surface area contributed by atoms with Gasteiger partial charge in [0.05, 0.1) is 27.1 Å². The molecule has 172 valence electrons. The lowest BCUT2D eigenvalue weighted by molar-refractivity contribution is -0.115. The van der Waals surface area contributed by atoms with Gasteiger partial charge < -0.3 is 15.7 Å². The number of alkyl halides is 3. The molecule has 0 radical (unpaired) electrons. The minimum absolute atomic E-state index is 0.0457. The topological polar surface area (TPSA) is 83.0 Å². The van der Waals surface area contributed by atoms with Gasteiger partial charge in [-0.3, -0.25) is 0 Å². The molecule has 0 saturated heterocycles. The molecule has 2 unspecified atom stereocenters. The van der Waals surface area contributed by atoms with E-state index < -0.39 is 18.3 Å². The molecule has 6 nitrogen and oxygen atoms in total. The zero-order chi connectivity index (χ0) is 23.1. The van der Waals surface area contributed by atoms with Crippen LogP contribution >= 0.6 is 11.3 Å². The largest absolute Gasteiger partial charge is 0.405 e. The molecule has 1 aliphatic rings. The average Bonchev–Trinajstić information content (AvgIpc) is 3.32. The molecule has 2 atom stereocenters.